The molecular formula is C26H40N4O8. The fourth-order valence-electron chi connectivity index (χ4n) is 5.06. The van der Waals surface area contributed by atoms with Crippen LogP contribution in [0.25, 0.3) is 0 Å². The van der Waals surface area contributed by atoms with Gasteiger partial charge in [0, 0.05) is 36.6 Å². The Morgan fingerprint density at radius 1 is 1.08 bits per heavy atom. The van der Waals surface area contributed by atoms with Gasteiger partial charge in [-0.1, -0.05) is 0 Å². The predicted molar refractivity (Wildman–Crippen MR) is 137 cm³/mol. The number of aliphatic hydroxyl groups is 1. The molecule has 0 bridgehead atoms. The SMILES string of the molecule is Cc1ccc(CN(Cc2nccn2C)C2CC(C)(C)NC(C)(C)C2)o1.O=C(O)CC(O)(CC(=O)O)C(=O)O. The highest BCUT2D eigenvalue weighted by Gasteiger charge is 2.41. The first-order valence-electron chi connectivity index (χ1n) is 12.4. The van der Waals surface area contributed by atoms with Crippen molar-refractivity contribution in [1.29, 1.82) is 0 Å². The van der Waals surface area contributed by atoms with E-state index in [1.54, 1.807) is 0 Å². The van der Waals surface area contributed by atoms with Gasteiger partial charge in [-0.05, 0) is 59.6 Å². The number of carboxylic acids is 3. The first-order chi connectivity index (χ1) is 17.4. The normalized spacial score (nSPS) is 17.1. The minimum atomic E-state index is -2.74. The molecule has 5 N–H and O–H groups in total. The van der Waals surface area contributed by atoms with Gasteiger partial charge in [0.2, 0.25) is 0 Å². The highest BCUT2D eigenvalue weighted by Crippen LogP contribution is 2.33. The van der Waals surface area contributed by atoms with Crippen LogP contribution < -0.4 is 5.32 Å². The van der Waals surface area contributed by atoms with Gasteiger partial charge in [-0.15, -0.1) is 0 Å². The van der Waals surface area contributed by atoms with Gasteiger partial charge in [0.25, 0.3) is 0 Å². The van der Waals surface area contributed by atoms with E-state index >= 15 is 0 Å². The van der Waals surface area contributed by atoms with Crippen molar-refractivity contribution in [3.8, 4) is 0 Å². The van der Waals surface area contributed by atoms with Crippen molar-refractivity contribution >= 4 is 17.9 Å². The van der Waals surface area contributed by atoms with Crippen molar-refractivity contribution in [2.75, 3.05) is 0 Å². The number of carbonyl (C=O) groups is 3. The lowest BCUT2D eigenvalue weighted by Crippen LogP contribution is -2.62. The molecule has 2 aromatic heterocycles. The Labute approximate surface area is 222 Å². The van der Waals surface area contributed by atoms with Crippen LogP contribution in [0.1, 0.15) is 70.7 Å². The van der Waals surface area contributed by atoms with Gasteiger partial charge < -0.3 is 34.7 Å². The summed E-state index contributed by atoms with van der Waals surface area (Å²) in [5.41, 5.74) is -2.51. The molecule has 12 nitrogen and oxygen atoms in total. The molecule has 0 unspecified atom stereocenters. The molecule has 0 saturated carbocycles. The molecule has 0 spiro atoms. The summed E-state index contributed by atoms with van der Waals surface area (Å²) in [5, 5.41) is 37.6. The molecule has 3 rings (SSSR count). The van der Waals surface area contributed by atoms with Crippen LogP contribution in [-0.4, -0.2) is 75.5 Å². The van der Waals surface area contributed by atoms with Crippen molar-refractivity contribution in [2.24, 2.45) is 7.05 Å². The van der Waals surface area contributed by atoms with Gasteiger partial charge in [-0.2, -0.15) is 0 Å². The number of hydrogen-bond donors (Lipinski definition) is 5. The summed E-state index contributed by atoms with van der Waals surface area (Å²) in [5.74, 6) is -1.93. The Hall–Kier alpha value is -3.22. The monoisotopic (exact) mass is 536 g/mol. The van der Waals surface area contributed by atoms with Gasteiger partial charge >= 0.3 is 17.9 Å². The Morgan fingerprint density at radius 3 is 2.03 bits per heavy atom. The lowest BCUT2D eigenvalue weighted by atomic mass is 9.79. The molecule has 0 aromatic carbocycles. The van der Waals surface area contributed by atoms with E-state index in [1.807, 2.05) is 25.4 Å². The van der Waals surface area contributed by atoms with Gasteiger partial charge in [-0.25, -0.2) is 9.78 Å². The van der Waals surface area contributed by atoms with Crippen LogP contribution in [-0.2, 0) is 34.5 Å². The number of piperidine rings is 1. The molecule has 0 aliphatic carbocycles. The average Bonchev–Trinajstić information content (AvgIpc) is 3.32. The number of aryl methyl sites for hydroxylation is 2. The minimum absolute atomic E-state index is 0.116. The molecule has 2 aromatic rings. The largest absolute Gasteiger partial charge is 0.481 e. The van der Waals surface area contributed by atoms with Crippen LogP contribution in [0.5, 0.6) is 0 Å². The van der Waals surface area contributed by atoms with Crippen molar-refractivity contribution in [3.63, 3.8) is 0 Å². The molecule has 0 atom stereocenters. The zero-order chi connectivity index (χ0) is 28.9. The van der Waals surface area contributed by atoms with E-state index in [-0.39, 0.29) is 11.1 Å². The van der Waals surface area contributed by atoms with E-state index in [2.05, 4.69) is 60.6 Å². The molecule has 38 heavy (non-hydrogen) atoms. The Morgan fingerprint density at radius 2 is 1.63 bits per heavy atom. The van der Waals surface area contributed by atoms with Crippen molar-refractivity contribution in [2.45, 2.75) is 96.1 Å². The summed E-state index contributed by atoms with van der Waals surface area (Å²) in [6.07, 6.45) is 3.83. The molecule has 1 aliphatic heterocycles. The number of nitrogens with one attached hydrogen (secondary N) is 1. The molecule has 1 saturated heterocycles. The maximum absolute atomic E-state index is 10.3. The number of furan rings is 1. The summed E-state index contributed by atoms with van der Waals surface area (Å²) < 4.78 is 7.98. The lowest BCUT2D eigenvalue weighted by molar-refractivity contribution is -0.170. The van der Waals surface area contributed by atoms with Gasteiger partial charge in [-0.3, -0.25) is 14.5 Å². The Bertz CT molecular complexity index is 1090. The summed E-state index contributed by atoms with van der Waals surface area (Å²) in [4.78, 5) is 37.6. The van der Waals surface area contributed by atoms with Gasteiger partial charge in [0.15, 0.2) is 5.60 Å². The number of rotatable bonds is 10. The summed E-state index contributed by atoms with van der Waals surface area (Å²) in [6.45, 7) is 12.9. The van der Waals surface area contributed by atoms with E-state index in [0.29, 0.717) is 6.04 Å². The summed E-state index contributed by atoms with van der Waals surface area (Å²) >= 11 is 0. The summed E-state index contributed by atoms with van der Waals surface area (Å²) in [7, 11) is 2.06. The van der Waals surface area contributed by atoms with Crippen LogP contribution in [0.2, 0.25) is 0 Å². The summed E-state index contributed by atoms with van der Waals surface area (Å²) in [6, 6.07) is 4.62. The van der Waals surface area contributed by atoms with E-state index < -0.39 is 36.4 Å². The third kappa shape index (κ3) is 9.26. The third-order valence-corrected chi connectivity index (χ3v) is 6.39. The first-order valence-corrected chi connectivity index (χ1v) is 12.4. The molecule has 0 amide bonds. The van der Waals surface area contributed by atoms with Gasteiger partial charge in [0.05, 0.1) is 25.9 Å². The molecule has 1 aliphatic rings. The van der Waals surface area contributed by atoms with Crippen molar-refractivity contribution in [1.82, 2.24) is 19.8 Å². The number of hydrogen-bond acceptors (Lipinski definition) is 8. The van der Waals surface area contributed by atoms with E-state index in [9.17, 15) is 14.4 Å². The smallest absolute Gasteiger partial charge is 0.336 e. The standard InChI is InChI=1S/C20H32N4O.C6H8O7/c1-15-7-8-17(25-15)13-24(14-18-21-9-10-23(18)6)16-11-19(2,3)22-20(4,5)12-16;7-3(8)1-6(13,5(11)12)2-4(9)10/h7-10,16,22H,11-14H2,1-6H3;13H,1-2H2,(H,7,8)(H,9,10)(H,11,12). The molecule has 1 fully saturated rings. The second-order valence-corrected chi connectivity index (χ2v) is 11.3. The van der Waals surface area contributed by atoms with Crippen LogP contribution >= 0.6 is 0 Å². The topological polar surface area (TPSA) is 178 Å². The van der Waals surface area contributed by atoms with Crippen molar-refractivity contribution < 1.29 is 39.2 Å². The lowest BCUT2D eigenvalue weighted by Gasteiger charge is -2.49. The zero-order valence-electron chi connectivity index (χ0n) is 22.9. The van der Waals surface area contributed by atoms with Crippen molar-refractivity contribution in [3.05, 3.63) is 41.9 Å². The maximum atomic E-state index is 10.3. The van der Waals surface area contributed by atoms with Crippen LogP contribution in [0.15, 0.2) is 28.9 Å². The third-order valence-electron chi connectivity index (χ3n) is 6.39. The number of aliphatic carboxylic acids is 3. The second kappa shape index (κ2) is 12.1. The molecule has 3 heterocycles. The molecule has 0 radical (unpaired) electrons. The van der Waals surface area contributed by atoms with Crippen LogP contribution in [0.3, 0.4) is 0 Å². The van der Waals surface area contributed by atoms with Crippen LogP contribution in [0.4, 0.5) is 0 Å². The highest BCUT2D eigenvalue weighted by molar-refractivity contribution is 5.88. The van der Waals surface area contributed by atoms with E-state index in [1.165, 1.54) is 0 Å². The highest BCUT2D eigenvalue weighted by atomic mass is 16.4. The number of aromatic nitrogens is 2. The predicted octanol–water partition coefficient (Wildman–Crippen LogP) is 2.38. The Kier molecular flexibility index (Phi) is 9.87. The molecular weight excluding hydrogens is 496 g/mol. The van der Waals surface area contributed by atoms with Gasteiger partial charge in [0.1, 0.15) is 17.3 Å². The molecule has 212 valence electrons. The fraction of sp³-hybridized carbons (Fsp3) is 0.615. The van der Waals surface area contributed by atoms with E-state index in [0.717, 1.165) is 43.3 Å². The minimum Gasteiger partial charge on any atom is -0.481 e. The van der Waals surface area contributed by atoms with E-state index in [4.69, 9.17) is 24.8 Å². The first kappa shape index (κ1) is 31.0. The molecule has 12 heteroatoms. The second-order valence-electron chi connectivity index (χ2n) is 11.3. The van der Waals surface area contributed by atoms with Crippen LogP contribution in [0, 0.1) is 6.92 Å². The zero-order valence-corrected chi connectivity index (χ0v) is 22.9. The maximum Gasteiger partial charge on any atom is 0.336 e. The number of imidazole rings is 1. The Balaban J connectivity index is 0.000000332. The fourth-order valence-corrected chi connectivity index (χ4v) is 5.06. The number of nitrogens with zero attached hydrogens (tertiary/aromatic N) is 3. The average molecular weight is 537 g/mol. The number of carboxylic acid groups (broad SMARTS) is 3. The quantitative estimate of drug-likeness (QED) is 0.301.